The van der Waals surface area contributed by atoms with E-state index in [4.69, 9.17) is 0 Å². The minimum Gasteiger partial charge on any atom is -0.340 e. The first-order valence-corrected chi connectivity index (χ1v) is 8.25. The normalized spacial score (nSPS) is 13.0. The van der Waals surface area contributed by atoms with Crippen molar-refractivity contribution in [1.29, 1.82) is 0 Å². The Morgan fingerprint density at radius 1 is 1.00 bits per heavy atom. The Kier molecular flexibility index (Phi) is 6.13. The van der Waals surface area contributed by atoms with Crippen molar-refractivity contribution < 1.29 is 9.59 Å². The zero-order valence-electron chi connectivity index (χ0n) is 14.4. The molecule has 0 aliphatic rings. The topological polar surface area (TPSA) is 58.2 Å². The van der Waals surface area contributed by atoms with Crippen LogP contribution in [0.15, 0.2) is 54.6 Å². The van der Waals surface area contributed by atoms with Crippen molar-refractivity contribution in [2.45, 2.75) is 33.2 Å². The maximum atomic E-state index is 12.7. The van der Waals surface area contributed by atoms with Crippen LogP contribution in [0.2, 0.25) is 0 Å². The molecular formula is C20H24N2O2. The molecule has 2 aromatic carbocycles. The molecule has 2 rings (SSSR count). The van der Waals surface area contributed by atoms with Gasteiger partial charge in [-0.2, -0.15) is 0 Å². The molecular weight excluding hydrogens is 300 g/mol. The summed E-state index contributed by atoms with van der Waals surface area (Å²) >= 11 is 0. The molecule has 0 aliphatic carbocycles. The molecule has 24 heavy (non-hydrogen) atoms. The summed E-state index contributed by atoms with van der Waals surface area (Å²) in [5, 5.41) is 5.80. The van der Waals surface area contributed by atoms with Gasteiger partial charge < -0.3 is 10.6 Å². The highest BCUT2D eigenvalue weighted by Gasteiger charge is 2.26. The molecule has 0 radical (unpaired) electrons. The van der Waals surface area contributed by atoms with Gasteiger partial charge in [-0.25, -0.2) is 0 Å². The number of aryl methyl sites for hydroxylation is 1. The van der Waals surface area contributed by atoms with Gasteiger partial charge >= 0.3 is 0 Å². The van der Waals surface area contributed by atoms with E-state index in [0.29, 0.717) is 5.56 Å². The summed E-state index contributed by atoms with van der Waals surface area (Å²) in [6, 6.07) is 16.0. The van der Waals surface area contributed by atoms with Crippen LogP contribution in [0.1, 0.15) is 36.2 Å². The largest absolute Gasteiger partial charge is 0.340 e. The predicted molar refractivity (Wildman–Crippen MR) is 97.0 cm³/mol. The SMILES string of the molecule is CC[C@H](C)[C@H](NC(=O)c1ccccc1)C(=O)Nc1ccccc1C. The summed E-state index contributed by atoms with van der Waals surface area (Å²) in [4.78, 5) is 25.1. The summed E-state index contributed by atoms with van der Waals surface area (Å²) in [5.41, 5.74) is 2.31. The van der Waals surface area contributed by atoms with Crippen LogP contribution in [0.5, 0.6) is 0 Å². The lowest BCUT2D eigenvalue weighted by atomic mass is 9.97. The highest BCUT2D eigenvalue weighted by atomic mass is 16.2. The van der Waals surface area contributed by atoms with E-state index in [0.717, 1.165) is 17.7 Å². The van der Waals surface area contributed by atoms with E-state index in [1.807, 2.05) is 51.1 Å². The molecule has 0 bridgehead atoms. The number of hydrogen-bond acceptors (Lipinski definition) is 2. The van der Waals surface area contributed by atoms with Gasteiger partial charge in [0.25, 0.3) is 5.91 Å². The Morgan fingerprint density at radius 2 is 1.62 bits per heavy atom. The van der Waals surface area contributed by atoms with Crippen LogP contribution in [0, 0.1) is 12.8 Å². The van der Waals surface area contributed by atoms with Crippen molar-refractivity contribution in [3.8, 4) is 0 Å². The number of anilines is 1. The number of nitrogens with one attached hydrogen (secondary N) is 2. The number of carbonyl (C=O) groups excluding carboxylic acids is 2. The lowest BCUT2D eigenvalue weighted by Crippen LogP contribution is -2.47. The molecule has 0 aromatic heterocycles. The molecule has 126 valence electrons. The number of carbonyl (C=O) groups is 2. The van der Waals surface area contributed by atoms with Crippen LogP contribution < -0.4 is 10.6 Å². The summed E-state index contributed by atoms with van der Waals surface area (Å²) < 4.78 is 0. The van der Waals surface area contributed by atoms with Crippen LogP contribution in [0.3, 0.4) is 0 Å². The first-order chi connectivity index (χ1) is 11.5. The highest BCUT2D eigenvalue weighted by molar-refractivity contribution is 6.01. The number of benzene rings is 2. The Morgan fingerprint density at radius 3 is 2.25 bits per heavy atom. The Labute approximate surface area is 143 Å². The molecule has 4 heteroatoms. The van der Waals surface area contributed by atoms with Gasteiger partial charge in [-0.1, -0.05) is 56.7 Å². The van der Waals surface area contributed by atoms with Gasteiger partial charge in [0, 0.05) is 11.3 Å². The van der Waals surface area contributed by atoms with E-state index in [9.17, 15) is 9.59 Å². The van der Waals surface area contributed by atoms with E-state index in [2.05, 4.69) is 10.6 Å². The van der Waals surface area contributed by atoms with Crippen molar-refractivity contribution in [2.75, 3.05) is 5.32 Å². The van der Waals surface area contributed by atoms with Gasteiger partial charge in [-0.05, 0) is 36.6 Å². The molecule has 2 aromatic rings. The first-order valence-electron chi connectivity index (χ1n) is 8.25. The minimum atomic E-state index is -0.581. The fourth-order valence-electron chi connectivity index (χ4n) is 2.44. The van der Waals surface area contributed by atoms with Crippen LogP contribution in [-0.2, 0) is 4.79 Å². The standard InChI is InChI=1S/C20H24N2O2/c1-4-14(2)18(22-19(23)16-11-6-5-7-12-16)20(24)21-17-13-9-8-10-15(17)3/h5-14,18H,4H2,1-3H3,(H,21,24)(H,22,23)/t14-,18-/m0/s1. The zero-order valence-corrected chi connectivity index (χ0v) is 14.4. The van der Waals surface area contributed by atoms with Crippen molar-refractivity contribution in [3.63, 3.8) is 0 Å². The molecule has 0 fully saturated rings. The second-order valence-electron chi connectivity index (χ2n) is 6.01. The molecule has 2 N–H and O–H groups in total. The summed E-state index contributed by atoms with van der Waals surface area (Å²) in [7, 11) is 0. The van der Waals surface area contributed by atoms with Gasteiger partial charge in [0.2, 0.25) is 5.91 Å². The van der Waals surface area contributed by atoms with Gasteiger partial charge in [-0.3, -0.25) is 9.59 Å². The Hall–Kier alpha value is -2.62. The quantitative estimate of drug-likeness (QED) is 0.849. The van der Waals surface area contributed by atoms with Crippen molar-refractivity contribution in [2.24, 2.45) is 5.92 Å². The number of para-hydroxylation sites is 1. The van der Waals surface area contributed by atoms with Gasteiger partial charge in [0.1, 0.15) is 6.04 Å². The number of rotatable bonds is 6. The van der Waals surface area contributed by atoms with Crippen LogP contribution in [0.4, 0.5) is 5.69 Å². The Balaban J connectivity index is 2.14. The molecule has 0 heterocycles. The fraction of sp³-hybridized carbons (Fsp3) is 0.300. The Bertz CT molecular complexity index is 698. The van der Waals surface area contributed by atoms with Crippen molar-refractivity contribution in [1.82, 2.24) is 5.32 Å². The maximum Gasteiger partial charge on any atom is 0.251 e. The van der Waals surface area contributed by atoms with Crippen molar-refractivity contribution >= 4 is 17.5 Å². The van der Waals surface area contributed by atoms with Crippen molar-refractivity contribution in [3.05, 3.63) is 65.7 Å². The second kappa shape index (κ2) is 8.29. The molecule has 0 aliphatic heterocycles. The highest BCUT2D eigenvalue weighted by Crippen LogP contribution is 2.16. The average Bonchev–Trinajstić information content (AvgIpc) is 2.61. The van der Waals surface area contributed by atoms with E-state index >= 15 is 0 Å². The number of hydrogen-bond donors (Lipinski definition) is 2. The molecule has 0 saturated carbocycles. The zero-order chi connectivity index (χ0) is 17.5. The molecule has 2 amide bonds. The van der Waals surface area contributed by atoms with E-state index < -0.39 is 6.04 Å². The van der Waals surface area contributed by atoms with Gasteiger partial charge in [-0.15, -0.1) is 0 Å². The average molecular weight is 324 g/mol. The van der Waals surface area contributed by atoms with Gasteiger partial charge in [0.05, 0.1) is 0 Å². The third kappa shape index (κ3) is 4.44. The molecule has 4 nitrogen and oxygen atoms in total. The van der Waals surface area contributed by atoms with Crippen LogP contribution in [-0.4, -0.2) is 17.9 Å². The third-order valence-corrected chi connectivity index (χ3v) is 4.22. The summed E-state index contributed by atoms with van der Waals surface area (Å²) in [6.45, 7) is 5.91. The number of amides is 2. The van der Waals surface area contributed by atoms with Crippen LogP contribution >= 0.6 is 0 Å². The predicted octanol–water partition coefficient (Wildman–Crippen LogP) is 3.78. The van der Waals surface area contributed by atoms with Crippen LogP contribution in [0.25, 0.3) is 0 Å². The fourth-order valence-corrected chi connectivity index (χ4v) is 2.44. The smallest absolute Gasteiger partial charge is 0.251 e. The van der Waals surface area contributed by atoms with E-state index in [1.165, 1.54) is 0 Å². The molecule has 0 saturated heterocycles. The summed E-state index contributed by atoms with van der Waals surface area (Å²) in [5.74, 6) is -0.398. The molecule has 2 atom stereocenters. The van der Waals surface area contributed by atoms with E-state index in [-0.39, 0.29) is 17.7 Å². The monoisotopic (exact) mass is 324 g/mol. The summed E-state index contributed by atoms with van der Waals surface area (Å²) in [6.07, 6.45) is 0.793. The lowest BCUT2D eigenvalue weighted by Gasteiger charge is -2.24. The molecule has 0 unspecified atom stereocenters. The maximum absolute atomic E-state index is 12.7. The lowest BCUT2D eigenvalue weighted by molar-refractivity contribution is -0.119. The first kappa shape index (κ1) is 17.7. The molecule has 0 spiro atoms. The van der Waals surface area contributed by atoms with E-state index in [1.54, 1.807) is 24.3 Å². The second-order valence-corrected chi connectivity index (χ2v) is 6.01. The van der Waals surface area contributed by atoms with Gasteiger partial charge in [0.15, 0.2) is 0 Å². The third-order valence-electron chi connectivity index (χ3n) is 4.22. The minimum absolute atomic E-state index is 0.0293.